The van der Waals surface area contributed by atoms with Crippen LogP contribution in [0.4, 0.5) is 5.69 Å². The zero-order valence-corrected chi connectivity index (χ0v) is 9.39. The molecule has 16 heavy (non-hydrogen) atoms. The Bertz CT molecular complexity index is 335. The number of aliphatic hydroxyl groups is 1. The minimum Gasteiger partial charge on any atom is -0.396 e. The van der Waals surface area contributed by atoms with Gasteiger partial charge in [0.15, 0.2) is 0 Å². The summed E-state index contributed by atoms with van der Waals surface area (Å²) in [6.45, 7) is 2.47. The monoisotopic (exact) mass is 226 g/mol. The molecule has 0 bridgehead atoms. The number of nitrogens with two attached hydrogens (primary N) is 1. The number of anilines is 1. The first-order valence-corrected chi connectivity index (χ1v) is 5.30. The van der Waals surface area contributed by atoms with Gasteiger partial charge in [0.05, 0.1) is 18.0 Å². The van der Waals surface area contributed by atoms with Crippen LogP contribution in [-0.4, -0.2) is 33.4 Å². The van der Waals surface area contributed by atoms with Crippen molar-refractivity contribution in [3.8, 4) is 0 Å². The summed E-state index contributed by atoms with van der Waals surface area (Å²) in [5.74, 6) is -0.103. The summed E-state index contributed by atoms with van der Waals surface area (Å²) in [6, 6.07) is 0. The first kappa shape index (κ1) is 12.5. The van der Waals surface area contributed by atoms with Crippen molar-refractivity contribution in [3.05, 3.63) is 12.4 Å². The number of rotatable bonds is 6. The largest absolute Gasteiger partial charge is 0.396 e. The smallest absolute Gasteiger partial charge is 0.241 e. The molecule has 0 spiro atoms. The van der Waals surface area contributed by atoms with Crippen LogP contribution in [0.5, 0.6) is 0 Å². The molecule has 1 heterocycles. The summed E-state index contributed by atoms with van der Waals surface area (Å²) in [5, 5.41) is 15.7. The molecule has 0 aliphatic carbocycles. The molecule has 1 aromatic rings. The van der Waals surface area contributed by atoms with E-state index in [0.717, 1.165) is 6.42 Å². The number of carbonyl (C=O) groups excluding carboxylic acids is 1. The third-order valence-corrected chi connectivity index (χ3v) is 2.08. The Balaban J connectivity index is 2.16. The number of nitrogens with zero attached hydrogens (tertiary/aromatic N) is 2. The molecule has 1 amide bonds. The molecule has 0 saturated heterocycles. The average Bonchev–Trinajstić information content (AvgIpc) is 2.58. The second-order valence-corrected chi connectivity index (χ2v) is 3.81. The van der Waals surface area contributed by atoms with E-state index in [1.807, 2.05) is 0 Å². The van der Waals surface area contributed by atoms with Gasteiger partial charge in [-0.3, -0.25) is 9.48 Å². The first-order chi connectivity index (χ1) is 7.58. The van der Waals surface area contributed by atoms with Crippen LogP contribution >= 0.6 is 0 Å². The van der Waals surface area contributed by atoms with Gasteiger partial charge in [0, 0.05) is 12.7 Å². The van der Waals surface area contributed by atoms with E-state index in [4.69, 9.17) is 10.8 Å². The number of nitrogen functional groups attached to an aromatic ring is 1. The van der Waals surface area contributed by atoms with Gasteiger partial charge in [0.1, 0.15) is 6.54 Å². The van der Waals surface area contributed by atoms with Crippen molar-refractivity contribution < 1.29 is 9.90 Å². The standard InChI is InChI=1S/C10H18N4O2/c1-8(15)3-2-4-12-10(16)7-14-6-9(11)5-13-14/h5-6,8,15H,2-4,7,11H2,1H3,(H,12,16). The topological polar surface area (TPSA) is 93.2 Å². The number of amides is 1. The van der Waals surface area contributed by atoms with Crippen LogP contribution in [0.15, 0.2) is 12.4 Å². The summed E-state index contributed by atoms with van der Waals surface area (Å²) in [7, 11) is 0. The van der Waals surface area contributed by atoms with Crippen molar-refractivity contribution in [3.63, 3.8) is 0 Å². The highest BCUT2D eigenvalue weighted by molar-refractivity contribution is 5.75. The van der Waals surface area contributed by atoms with E-state index in [1.54, 1.807) is 13.1 Å². The maximum absolute atomic E-state index is 11.4. The molecule has 0 aliphatic heterocycles. The van der Waals surface area contributed by atoms with E-state index >= 15 is 0 Å². The minimum atomic E-state index is -0.317. The molecule has 1 unspecified atom stereocenters. The number of hydrogen-bond acceptors (Lipinski definition) is 4. The maximum atomic E-state index is 11.4. The summed E-state index contributed by atoms with van der Waals surface area (Å²) >= 11 is 0. The van der Waals surface area contributed by atoms with Crippen molar-refractivity contribution in [1.29, 1.82) is 0 Å². The summed E-state index contributed by atoms with van der Waals surface area (Å²) < 4.78 is 1.49. The molecule has 0 radical (unpaired) electrons. The van der Waals surface area contributed by atoms with Gasteiger partial charge in [-0.25, -0.2) is 0 Å². The fourth-order valence-electron chi connectivity index (χ4n) is 1.29. The Labute approximate surface area is 94.4 Å². The highest BCUT2D eigenvalue weighted by atomic mass is 16.3. The highest BCUT2D eigenvalue weighted by Gasteiger charge is 2.03. The quantitative estimate of drug-likeness (QED) is 0.583. The fourth-order valence-corrected chi connectivity index (χ4v) is 1.29. The fraction of sp³-hybridized carbons (Fsp3) is 0.600. The molecule has 6 heteroatoms. The van der Waals surface area contributed by atoms with Crippen LogP contribution in [0.3, 0.4) is 0 Å². The number of carbonyl (C=O) groups is 1. The molecule has 0 aromatic carbocycles. The lowest BCUT2D eigenvalue weighted by Crippen LogP contribution is -2.29. The molecule has 0 saturated carbocycles. The third-order valence-electron chi connectivity index (χ3n) is 2.08. The summed E-state index contributed by atoms with van der Waals surface area (Å²) in [6.07, 6.45) is 4.25. The van der Waals surface area contributed by atoms with Gasteiger partial charge in [-0.15, -0.1) is 0 Å². The van der Waals surface area contributed by atoms with Gasteiger partial charge in [0.2, 0.25) is 5.91 Å². The molecule has 0 aliphatic rings. The van der Waals surface area contributed by atoms with Crippen molar-refractivity contribution in [2.75, 3.05) is 12.3 Å². The molecule has 6 nitrogen and oxygen atoms in total. The molecule has 1 aromatic heterocycles. The van der Waals surface area contributed by atoms with E-state index in [1.165, 1.54) is 10.9 Å². The van der Waals surface area contributed by atoms with Crippen LogP contribution in [0.25, 0.3) is 0 Å². The molecule has 0 fully saturated rings. The molecule has 1 atom stereocenters. The Morgan fingerprint density at radius 3 is 3.06 bits per heavy atom. The summed E-state index contributed by atoms with van der Waals surface area (Å²) in [4.78, 5) is 11.4. The van der Waals surface area contributed by atoms with Crippen LogP contribution in [0.1, 0.15) is 19.8 Å². The predicted octanol–water partition coefficient (Wildman–Crippen LogP) is -0.257. The van der Waals surface area contributed by atoms with E-state index in [9.17, 15) is 4.79 Å². The Morgan fingerprint density at radius 1 is 1.75 bits per heavy atom. The normalized spacial score (nSPS) is 12.4. The lowest BCUT2D eigenvalue weighted by Gasteiger charge is -2.06. The number of aromatic nitrogens is 2. The zero-order chi connectivity index (χ0) is 12.0. The second-order valence-electron chi connectivity index (χ2n) is 3.81. The summed E-state index contributed by atoms with van der Waals surface area (Å²) in [5.41, 5.74) is 6.01. The lowest BCUT2D eigenvalue weighted by molar-refractivity contribution is -0.121. The molecular formula is C10H18N4O2. The average molecular weight is 226 g/mol. The van der Waals surface area contributed by atoms with Gasteiger partial charge >= 0.3 is 0 Å². The van der Waals surface area contributed by atoms with Gasteiger partial charge < -0.3 is 16.2 Å². The van der Waals surface area contributed by atoms with Crippen molar-refractivity contribution in [1.82, 2.24) is 15.1 Å². The number of hydrogen-bond donors (Lipinski definition) is 3. The van der Waals surface area contributed by atoms with Crippen molar-refractivity contribution in [2.45, 2.75) is 32.4 Å². The Hall–Kier alpha value is -1.56. The van der Waals surface area contributed by atoms with E-state index < -0.39 is 0 Å². The second kappa shape index (κ2) is 6.12. The third kappa shape index (κ3) is 4.79. The number of aliphatic hydroxyl groups excluding tert-OH is 1. The van der Waals surface area contributed by atoms with E-state index in [-0.39, 0.29) is 18.6 Å². The minimum absolute atomic E-state index is 0.103. The zero-order valence-electron chi connectivity index (χ0n) is 9.39. The van der Waals surface area contributed by atoms with Gasteiger partial charge in [0.25, 0.3) is 0 Å². The molecule has 90 valence electrons. The van der Waals surface area contributed by atoms with Crippen molar-refractivity contribution >= 4 is 11.6 Å². The lowest BCUT2D eigenvalue weighted by atomic mass is 10.2. The highest BCUT2D eigenvalue weighted by Crippen LogP contribution is 1.97. The van der Waals surface area contributed by atoms with Gasteiger partial charge in [-0.1, -0.05) is 0 Å². The van der Waals surface area contributed by atoms with Crippen LogP contribution in [0.2, 0.25) is 0 Å². The van der Waals surface area contributed by atoms with E-state index in [2.05, 4.69) is 10.4 Å². The van der Waals surface area contributed by atoms with Crippen LogP contribution in [0, 0.1) is 0 Å². The number of nitrogens with one attached hydrogen (secondary N) is 1. The molecule has 1 rings (SSSR count). The van der Waals surface area contributed by atoms with Gasteiger partial charge in [-0.05, 0) is 19.8 Å². The molecule has 4 N–H and O–H groups in total. The Kier molecular flexibility index (Phi) is 4.78. The Morgan fingerprint density at radius 2 is 2.50 bits per heavy atom. The maximum Gasteiger partial charge on any atom is 0.241 e. The van der Waals surface area contributed by atoms with E-state index in [0.29, 0.717) is 18.7 Å². The van der Waals surface area contributed by atoms with Crippen LogP contribution in [-0.2, 0) is 11.3 Å². The van der Waals surface area contributed by atoms with Crippen molar-refractivity contribution in [2.24, 2.45) is 0 Å². The SMILES string of the molecule is CC(O)CCCNC(=O)Cn1cc(N)cn1. The first-order valence-electron chi connectivity index (χ1n) is 5.30. The predicted molar refractivity (Wildman–Crippen MR) is 60.6 cm³/mol. The molecular weight excluding hydrogens is 208 g/mol. The van der Waals surface area contributed by atoms with Crippen LogP contribution < -0.4 is 11.1 Å². The van der Waals surface area contributed by atoms with Gasteiger partial charge in [-0.2, -0.15) is 5.10 Å².